The van der Waals surface area contributed by atoms with Crippen molar-refractivity contribution in [2.24, 2.45) is 0 Å². The summed E-state index contributed by atoms with van der Waals surface area (Å²) in [4.78, 5) is 18.3. The van der Waals surface area contributed by atoms with Crippen molar-refractivity contribution in [1.29, 1.82) is 0 Å². The Bertz CT molecular complexity index is 654. The van der Waals surface area contributed by atoms with E-state index in [1.54, 1.807) is 24.4 Å². The summed E-state index contributed by atoms with van der Waals surface area (Å²) in [6.07, 6.45) is 1.68. The molecule has 0 unspecified atom stereocenters. The summed E-state index contributed by atoms with van der Waals surface area (Å²) in [5.74, 6) is -0.406. The molecule has 2 aromatic rings. The van der Waals surface area contributed by atoms with Gasteiger partial charge in [-0.2, -0.15) is 0 Å². The van der Waals surface area contributed by atoms with Gasteiger partial charge in [-0.05, 0) is 36.8 Å². The Morgan fingerprint density at radius 2 is 2.10 bits per heavy atom. The lowest BCUT2D eigenvalue weighted by atomic mass is 10.1. The molecule has 1 aromatic heterocycles. The Kier molecular flexibility index (Phi) is 4.42. The highest BCUT2D eigenvalue weighted by Crippen LogP contribution is 2.22. The number of aryl methyl sites for hydroxylation is 1. The molecule has 0 fully saturated rings. The number of carbonyl (C=O) groups is 1. The van der Waals surface area contributed by atoms with E-state index >= 15 is 0 Å². The van der Waals surface area contributed by atoms with E-state index in [9.17, 15) is 4.79 Å². The van der Waals surface area contributed by atoms with E-state index in [2.05, 4.69) is 4.98 Å². The highest BCUT2D eigenvalue weighted by Gasteiger charge is 2.15. The zero-order valence-corrected chi connectivity index (χ0v) is 12.5. The summed E-state index contributed by atoms with van der Waals surface area (Å²) in [7, 11) is 3.73. The lowest BCUT2D eigenvalue weighted by Crippen LogP contribution is -2.16. The maximum Gasteiger partial charge on any atom is 0.340 e. The van der Waals surface area contributed by atoms with Crippen molar-refractivity contribution in [3.05, 3.63) is 53.3 Å². The summed E-state index contributed by atoms with van der Waals surface area (Å²) in [6, 6.07) is 8.97. The Labute approximate surface area is 124 Å². The SMILES string of the molecule is Cc1cccnc1COC(=O)c1cc(N)ccc1N(C)C. The molecule has 0 amide bonds. The summed E-state index contributed by atoms with van der Waals surface area (Å²) in [5.41, 5.74) is 9.25. The van der Waals surface area contributed by atoms with Crippen LogP contribution in [0.4, 0.5) is 11.4 Å². The molecule has 0 aliphatic heterocycles. The van der Waals surface area contributed by atoms with Crippen LogP contribution in [-0.2, 0) is 11.3 Å². The molecule has 0 spiro atoms. The number of esters is 1. The smallest absolute Gasteiger partial charge is 0.340 e. The third-order valence-electron chi connectivity index (χ3n) is 3.18. The summed E-state index contributed by atoms with van der Waals surface area (Å²) < 4.78 is 5.36. The van der Waals surface area contributed by atoms with E-state index in [0.29, 0.717) is 11.3 Å². The monoisotopic (exact) mass is 285 g/mol. The fourth-order valence-electron chi connectivity index (χ4n) is 1.99. The van der Waals surface area contributed by atoms with Gasteiger partial charge in [0.2, 0.25) is 0 Å². The molecule has 1 heterocycles. The minimum absolute atomic E-state index is 0.146. The molecule has 0 saturated carbocycles. The van der Waals surface area contributed by atoms with Crippen LogP contribution < -0.4 is 10.6 Å². The molecular weight excluding hydrogens is 266 g/mol. The normalized spacial score (nSPS) is 10.2. The third kappa shape index (κ3) is 3.51. The van der Waals surface area contributed by atoms with Gasteiger partial charge in [0.25, 0.3) is 0 Å². The molecule has 0 bridgehead atoms. The first kappa shape index (κ1) is 14.8. The molecule has 0 aliphatic carbocycles. The molecule has 0 atom stereocenters. The molecule has 5 heteroatoms. The summed E-state index contributed by atoms with van der Waals surface area (Å²) in [6.45, 7) is 2.08. The van der Waals surface area contributed by atoms with Crippen molar-refractivity contribution >= 4 is 17.3 Å². The predicted octanol–water partition coefficient (Wildman–Crippen LogP) is 2.40. The molecule has 1 aromatic carbocycles. The molecule has 5 nitrogen and oxygen atoms in total. The van der Waals surface area contributed by atoms with E-state index in [4.69, 9.17) is 10.5 Å². The molecule has 2 N–H and O–H groups in total. The number of benzene rings is 1. The summed E-state index contributed by atoms with van der Waals surface area (Å²) >= 11 is 0. The van der Waals surface area contributed by atoms with E-state index in [0.717, 1.165) is 16.9 Å². The number of carbonyl (C=O) groups excluding carboxylic acids is 1. The predicted molar refractivity (Wildman–Crippen MR) is 83.3 cm³/mol. The Morgan fingerprint density at radius 1 is 1.33 bits per heavy atom. The second kappa shape index (κ2) is 6.26. The highest BCUT2D eigenvalue weighted by molar-refractivity contribution is 5.96. The average molecular weight is 285 g/mol. The van der Waals surface area contributed by atoms with Crippen molar-refractivity contribution in [3.8, 4) is 0 Å². The van der Waals surface area contributed by atoms with Gasteiger partial charge >= 0.3 is 5.97 Å². The first-order chi connectivity index (χ1) is 9.99. The molecule has 0 saturated heterocycles. The van der Waals surface area contributed by atoms with Crippen LogP contribution in [0, 0.1) is 6.92 Å². The van der Waals surface area contributed by atoms with Gasteiger partial charge < -0.3 is 15.4 Å². The minimum Gasteiger partial charge on any atom is -0.456 e. The minimum atomic E-state index is -0.406. The molecule has 110 valence electrons. The van der Waals surface area contributed by atoms with Crippen LogP contribution in [0.5, 0.6) is 0 Å². The second-order valence-corrected chi connectivity index (χ2v) is 5.01. The number of hydrogen-bond donors (Lipinski definition) is 1. The zero-order valence-electron chi connectivity index (χ0n) is 12.5. The third-order valence-corrected chi connectivity index (χ3v) is 3.18. The van der Waals surface area contributed by atoms with Gasteiger partial charge in [-0.25, -0.2) is 4.79 Å². The first-order valence-electron chi connectivity index (χ1n) is 6.63. The zero-order chi connectivity index (χ0) is 15.4. The number of nitrogens with two attached hydrogens (primary N) is 1. The van der Waals surface area contributed by atoms with Gasteiger partial charge in [0.1, 0.15) is 6.61 Å². The van der Waals surface area contributed by atoms with Crippen LogP contribution >= 0.6 is 0 Å². The van der Waals surface area contributed by atoms with Crippen molar-refractivity contribution in [2.75, 3.05) is 24.7 Å². The highest BCUT2D eigenvalue weighted by atomic mass is 16.5. The van der Waals surface area contributed by atoms with E-state index in [1.165, 1.54) is 0 Å². The van der Waals surface area contributed by atoms with Gasteiger partial charge in [0, 0.05) is 26.0 Å². The van der Waals surface area contributed by atoms with E-state index in [1.807, 2.05) is 38.1 Å². The molecular formula is C16H19N3O2. The first-order valence-corrected chi connectivity index (χ1v) is 6.63. The topological polar surface area (TPSA) is 68.4 Å². The fourth-order valence-corrected chi connectivity index (χ4v) is 1.99. The second-order valence-electron chi connectivity index (χ2n) is 5.01. The standard InChI is InChI=1S/C16H19N3O2/c1-11-5-4-8-18-14(11)10-21-16(20)13-9-12(17)6-7-15(13)19(2)3/h4-9H,10,17H2,1-3H3. The summed E-state index contributed by atoms with van der Waals surface area (Å²) in [5, 5.41) is 0. The number of pyridine rings is 1. The number of nitrogens with zero attached hydrogens (tertiary/aromatic N) is 2. The maximum absolute atomic E-state index is 12.3. The van der Waals surface area contributed by atoms with Crippen LogP contribution in [0.3, 0.4) is 0 Å². The quantitative estimate of drug-likeness (QED) is 0.690. The number of hydrogen-bond acceptors (Lipinski definition) is 5. The largest absolute Gasteiger partial charge is 0.456 e. The van der Waals surface area contributed by atoms with Crippen molar-refractivity contribution in [1.82, 2.24) is 4.98 Å². The molecule has 21 heavy (non-hydrogen) atoms. The molecule has 0 radical (unpaired) electrons. The molecule has 2 rings (SSSR count). The van der Waals surface area contributed by atoms with Gasteiger partial charge in [-0.1, -0.05) is 6.07 Å². The van der Waals surface area contributed by atoms with Gasteiger partial charge in [-0.15, -0.1) is 0 Å². The van der Waals surface area contributed by atoms with E-state index in [-0.39, 0.29) is 6.61 Å². The lowest BCUT2D eigenvalue weighted by molar-refractivity contribution is 0.0468. The Hall–Kier alpha value is -2.56. The number of rotatable bonds is 4. The van der Waals surface area contributed by atoms with Gasteiger partial charge in [-0.3, -0.25) is 4.98 Å². The van der Waals surface area contributed by atoms with Crippen LogP contribution in [0.25, 0.3) is 0 Å². The van der Waals surface area contributed by atoms with Crippen LogP contribution in [0.1, 0.15) is 21.6 Å². The van der Waals surface area contributed by atoms with Gasteiger partial charge in [0.15, 0.2) is 0 Å². The van der Waals surface area contributed by atoms with Crippen LogP contribution in [0.15, 0.2) is 36.5 Å². The van der Waals surface area contributed by atoms with Crippen molar-refractivity contribution in [3.63, 3.8) is 0 Å². The number of ether oxygens (including phenoxy) is 1. The van der Waals surface area contributed by atoms with Crippen LogP contribution in [-0.4, -0.2) is 25.0 Å². The van der Waals surface area contributed by atoms with E-state index < -0.39 is 5.97 Å². The average Bonchev–Trinajstić information content (AvgIpc) is 2.45. The van der Waals surface area contributed by atoms with Crippen molar-refractivity contribution < 1.29 is 9.53 Å². The fraction of sp³-hybridized carbons (Fsp3) is 0.250. The van der Waals surface area contributed by atoms with Gasteiger partial charge in [0.05, 0.1) is 16.9 Å². The maximum atomic E-state index is 12.3. The van der Waals surface area contributed by atoms with Crippen LogP contribution in [0.2, 0.25) is 0 Å². The Balaban J connectivity index is 2.17. The lowest BCUT2D eigenvalue weighted by Gasteiger charge is -2.17. The Morgan fingerprint density at radius 3 is 2.76 bits per heavy atom. The number of anilines is 2. The number of nitrogen functional groups attached to an aromatic ring is 1. The number of aromatic nitrogens is 1. The molecule has 0 aliphatic rings. The van der Waals surface area contributed by atoms with Crippen molar-refractivity contribution in [2.45, 2.75) is 13.5 Å².